The molecule has 0 aromatic carbocycles. The molecule has 0 aromatic rings. The molecule has 25 heavy (non-hydrogen) atoms. The third-order valence-electron chi connectivity index (χ3n) is 8.27. The van der Waals surface area contributed by atoms with Crippen molar-refractivity contribution in [3.05, 3.63) is 35.5 Å². The van der Waals surface area contributed by atoms with Gasteiger partial charge in [-0.1, -0.05) is 56.6 Å². The summed E-state index contributed by atoms with van der Waals surface area (Å²) in [5.41, 5.74) is 3.70. The lowest BCUT2D eigenvalue weighted by atomic mass is 9.46. The first kappa shape index (κ1) is 17.1. The molecule has 4 aliphatic carbocycles. The zero-order valence-electron chi connectivity index (χ0n) is 15.8. The third kappa shape index (κ3) is 2.64. The number of carboxylic acid groups (broad SMARTS) is 1. The fourth-order valence-electron chi connectivity index (χ4n) is 6.84. The predicted octanol–water partition coefficient (Wildman–Crippen LogP) is 5.91. The quantitative estimate of drug-likeness (QED) is 0.694. The Morgan fingerprint density at radius 3 is 2.80 bits per heavy atom. The van der Waals surface area contributed by atoms with Crippen LogP contribution in [0.2, 0.25) is 0 Å². The number of hydrogen-bond donors (Lipinski definition) is 1. The van der Waals surface area contributed by atoms with Crippen LogP contribution in [-0.2, 0) is 4.79 Å². The number of carboxylic acids is 1. The molecule has 0 saturated heterocycles. The summed E-state index contributed by atoms with van der Waals surface area (Å²) in [4.78, 5) is 10.8. The topological polar surface area (TPSA) is 37.3 Å². The van der Waals surface area contributed by atoms with Crippen molar-refractivity contribution in [3.63, 3.8) is 0 Å². The highest BCUT2D eigenvalue weighted by Crippen LogP contribution is 2.65. The number of allylic oxidation sites excluding steroid dienone is 5. The van der Waals surface area contributed by atoms with Crippen molar-refractivity contribution >= 4 is 5.97 Å². The second-order valence-electron chi connectivity index (χ2n) is 9.35. The highest BCUT2D eigenvalue weighted by Gasteiger charge is 2.55. The van der Waals surface area contributed by atoms with Gasteiger partial charge in [-0.15, -0.1) is 0 Å². The van der Waals surface area contributed by atoms with Gasteiger partial charge in [-0.25, -0.2) is 0 Å². The van der Waals surface area contributed by atoms with Gasteiger partial charge in [0.25, 0.3) is 0 Å². The van der Waals surface area contributed by atoms with E-state index in [0.29, 0.717) is 5.41 Å². The maximum absolute atomic E-state index is 10.8. The van der Waals surface area contributed by atoms with Crippen LogP contribution >= 0.6 is 0 Å². The molecule has 4 aliphatic rings. The van der Waals surface area contributed by atoms with Gasteiger partial charge in [0.2, 0.25) is 0 Å². The van der Waals surface area contributed by atoms with Gasteiger partial charge in [0, 0.05) is 5.41 Å². The number of aliphatic carboxylic acids is 1. The van der Waals surface area contributed by atoms with E-state index in [2.05, 4.69) is 32.1 Å². The Kier molecular flexibility index (Phi) is 4.21. The van der Waals surface area contributed by atoms with Gasteiger partial charge in [-0.05, 0) is 67.3 Å². The molecular formula is C23H32O2. The zero-order valence-corrected chi connectivity index (χ0v) is 15.8. The van der Waals surface area contributed by atoms with Gasteiger partial charge in [-0.3, -0.25) is 4.79 Å². The second-order valence-corrected chi connectivity index (χ2v) is 9.35. The summed E-state index contributed by atoms with van der Waals surface area (Å²) >= 11 is 0. The molecule has 3 fully saturated rings. The summed E-state index contributed by atoms with van der Waals surface area (Å²) in [7, 11) is 0. The average molecular weight is 341 g/mol. The first-order valence-corrected chi connectivity index (χ1v) is 10.3. The summed E-state index contributed by atoms with van der Waals surface area (Å²) in [6.07, 6.45) is 19.8. The Morgan fingerprint density at radius 1 is 1.16 bits per heavy atom. The summed E-state index contributed by atoms with van der Waals surface area (Å²) in [6, 6.07) is 0. The lowest BCUT2D eigenvalue weighted by Gasteiger charge is -2.58. The van der Waals surface area contributed by atoms with Crippen molar-refractivity contribution in [2.45, 2.75) is 71.6 Å². The van der Waals surface area contributed by atoms with Crippen LogP contribution in [0.15, 0.2) is 35.5 Å². The van der Waals surface area contributed by atoms with E-state index in [1.807, 2.05) is 6.08 Å². The molecule has 2 heteroatoms. The Hall–Kier alpha value is -1.31. The van der Waals surface area contributed by atoms with Gasteiger partial charge in [0.15, 0.2) is 0 Å². The lowest BCUT2D eigenvalue weighted by molar-refractivity contribution is -0.136. The van der Waals surface area contributed by atoms with E-state index in [4.69, 9.17) is 5.11 Å². The van der Waals surface area contributed by atoms with Crippen molar-refractivity contribution in [2.24, 2.45) is 28.6 Å². The van der Waals surface area contributed by atoms with Gasteiger partial charge in [0.1, 0.15) is 0 Å². The second kappa shape index (κ2) is 6.14. The highest BCUT2D eigenvalue weighted by molar-refractivity contribution is 5.68. The predicted molar refractivity (Wildman–Crippen MR) is 101 cm³/mol. The van der Waals surface area contributed by atoms with Crippen LogP contribution in [0.4, 0.5) is 0 Å². The van der Waals surface area contributed by atoms with Gasteiger partial charge in [-0.2, -0.15) is 0 Å². The van der Waals surface area contributed by atoms with Crippen LogP contribution in [0.5, 0.6) is 0 Å². The fourth-order valence-corrected chi connectivity index (χ4v) is 6.84. The first-order chi connectivity index (χ1) is 11.9. The van der Waals surface area contributed by atoms with Crippen LogP contribution in [0, 0.1) is 28.6 Å². The van der Waals surface area contributed by atoms with Crippen molar-refractivity contribution in [1.29, 1.82) is 0 Å². The zero-order chi connectivity index (χ0) is 17.7. The van der Waals surface area contributed by atoms with E-state index in [1.54, 1.807) is 5.57 Å². The maximum atomic E-state index is 10.8. The normalized spacial score (nSPS) is 43.0. The Morgan fingerprint density at radius 2 is 2.00 bits per heavy atom. The largest absolute Gasteiger partial charge is 0.481 e. The van der Waals surface area contributed by atoms with E-state index < -0.39 is 5.97 Å². The standard InChI is InChI=1S/C23H32O2/c1-22-14-4-3-6-16(22)9-11-18-19-12-10-17(7-5-8-21(24)25)23(19,2)15-13-20(18)22/h5,7,10,12,16,18,20H,3-4,6,8-9,11,13-15H2,1-2H3,(H,24,25)/t16?,18-,20-,22-,23+/m0/s1. The first-order valence-electron chi connectivity index (χ1n) is 10.3. The minimum absolute atomic E-state index is 0.120. The summed E-state index contributed by atoms with van der Waals surface area (Å²) in [6.45, 7) is 5.00. The van der Waals surface area contributed by atoms with Gasteiger partial charge in [0.05, 0.1) is 6.42 Å². The van der Waals surface area contributed by atoms with Gasteiger partial charge >= 0.3 is 5.97 Å². The molecule has 0 aliphatic heterocycles. The van der Waals surface area contributed by atoms with E-state index >= 15 is 0 Å². The lowest BCUT2D eigenvalue weighted by Crippen LogP contribution is -2.49. The monoisotopic (exact) mass is 340 g/mol. The number of rotatable bonds is 3. The number of hydrogen-bond acceptors (Lipinski definition) is 1. The molecule has 5 atom stereocenters. The summed E-state index contributed by atoms with van der Waals surface area (Å²) in [5, 5.41) is 8.89. The highest BCUT2D eigenvalue weighted by atomic mass is 16.4. The van der Waals surface area contributed by atoms with Crippen LogP contribution in [0.3, 0.4) is 0 Å². The van der Waals surface area contributed by atoms with Crippen LogP contribution in [0.25, 0.3) is 0 Å². The molecule has 136 valence electrons. The molecule has 0 spiro atoms. The van der Waals surface area contributed by atoms with Crippen LogP contribution < -0.4 is 0 Å². The summed E-state index contributed by atoms with van der Waals surface area (Å²) < 4.78 is 0. The number of carbonyl (C=O) groups is 1. The molecular weight excluding hydrogens is 308 g/mol. The van der Waals surface area contributed by atoms with Crippen molar-refractivity contribution in [2.75, 3.05) is 0 Å². The molecule has 1 unspecified atom stereocenters. The van der Waals surface area contributed by atoms with E-state index in [-0.39, 0.29) is 11.8 Å². The minimum atomic E-state index is -0.750. The van der Waals surface area contributed by atoms with Crippen LogP contribution in [-0.4, -0.2) is 11.1 Å². The summed E-state index contributed by atoms with van der Waals surface area (Å²) in [5.74, 6) is 1.82. The molecule has 0 aromatic heterocycles. The SMILES string of the molecule is C[C@]12CC[C@H]3[C@@H](CCC4CCCC[C@@]43C)C1=CC=C2C=CCC(=O)O. The van der Waals surface area contributed by atoms with Crippen molar-refractivity contribution < 1.29 is 9.90 Å². The maximum Gasteiger partial charge on any atom is 0.307 e. The Balaban J connectivity index is 1.56. The van der Waals surface area contributed by atoms with Crippen molar-refractivity contribution in [1.82, 2.24) is 0 Å². The van der Waals surface area contributed by atoms with E-state index in [1.165, 1.54) is 56.9 Å². The van der Waals surface area contributed by atoms with Crippen molar-refractivity contribution in [3.8, 4) is 0 Å². The molecule has 3 saturated carbocycles. The minimum Gasteiger partial charge on any atom is -0.481 e. The van der Waals surface area contributed by atoms with Crippen LogP contribution in [0.1, 0.15) is 71.6 Å². The number of fused-ring (bicyclic) bond motifs is 5. The van der Waals surface area contributed by atoms with E-state index in [0.717, 1.165) is 17.8 Å². The third-order valence-corrected chi connectivity index (χ3v) is 8.27. The average Bonchev–Trinajstić information content (AvgIpc) is 2.91. The smallest absolute Gasteiger partial charge is 0.307 e. The molecule has 4 rings (SSSR count). The fraction of sp³-hybridized carbons (Fsp3) is 0.696. The molecule has 1 N–H and O–H groups in total. The van der Waals surface area contributed by atoms with E-state index in [9.17, 15) is 4.79 Å². The molecule has 2 nitrogen and oxygen atoms in total. The molecule has 0 heterocycles. The Bertz CT molecular complexity index is 655. The Labute approximate surface area is 152 Å². The molecule has 0 bridgehead atoms. The molecule has 0 radical (unpaired) electrons. The van der Waals surface area contributed by atoms with Gasteiger partial charge < -0.3 is 5.11 Å². The molecule has 0 amide bonds.